The van der Waals surface area contributed by atoms with E-state index in [2.05, 4.69) is 0 Å². The molecule has 0 amide bonds. The molecule has 0 radical (unpaired) electrons. The van der Waals surface area contributed by atoms with E-state index in [0.29, 0.717) is 24.2 Å². The maximum absolute atomic E-state index is 11.0. The molecule has 14 heavy (non-hydrogen) atoms. The summed E-state index contributed by atoms with van der Waals surface area (Å²) in [6.45, 7) is 0. The second-order valence-corrected chi connectivity index (χ2v) is 4.89. The Bertz CT molecular complexity index is 448. The van der Waals surface area contributed by atoms with Crippen LogP contribution in [0, 0.1) is 0 Å². The lowest BCUT2D eigenvalue weighted by Gasteiger charge is -2.14. The van der Waals surface area contributed by atoms with Crippen molar-refractivity contribution in [2.75, 3.05) is 0 Å². The van der Waals surface area contributed by atoms with Crippen LogP contribution in [0.25, 0.3) is 0 Å². The number of primary sulfonamides is 1. The fourth-order valence-electron chi connectivity index (χ4n) is 1.65. The van der Waals surface area contributed by atoms with Gasteiger partial charge >= 0.3 is 0 Å². The summed E-state index contributed by atoms with van der Waals surface area (Å²) in [7, 11) is -3.80. The number of sulfonamides is 1. The Morgan fingerprint density at radius 1 is 1.57 bits per heavy atom. The molecule has 1 aromatic rings. The lowest BCUT2D eigenvalue weighted by atomic mass is 9.96. The highest BCUT2D eigenvalue weighted by molar-refractivity contribution is 7.89. The molecule has 1 aliphatic rings. The Labute approximate surface area is 81.6 Å². The minimum Gasteiger partial charge on any atom is -0.448 e. The van der Waals surface area contributed by atoms with Gasteiger partial charge in [0.05, 0.1) is 6.10 Å². The molecular weight excluding hydrogens is 206 g/mol. The van der Waals surface area contributed by atoms with E-state index < -0.39 is 16.1 Å². The summed E-state index contributed by atoms with van der Waals surface area (Å²) in [6.07, 6.45) is 1.46. The summed E-state index contributed by atoms with van der Waals surface area (Å²) in [5.74, 6) is 0.535. The van der Waals surface area contributed by atoms with Crippen molar-refractivity contribution in [1.29, 1.82) is 0 Å². The average Bonchev–Trinajstić information content (AvgIpc) is 2.48. The van der Waals surface area contributed by atoms with Gasteiger partial charge in [-0.15, -0.1) is 0 Å². The zero-order chi connectivity index (χ0) is 10.3. The van der Waals surface area contributed by atoms with Gasteiger partial charge in [-0.3, -0.25) is 0 Å². The summed E-state index contributed by atoms with van der Waals surface area (Å²) < 4.78 is 27.0. The Morgan fingerprint density at radius 2 is 2.29 bits per heavy atom. The number of rotatable bonds is 1. The van der Waals surface area contributed by atoms with Gasteiger partial charge in [-0.2, -0.15) is 0 Å². The van der Waals surface area contributed by atoms with E-state index in [0.717, 1.165) is 6.42 Å². The van der Waals surface area contributed by atoms with Gasteiger partial charge < -0.3 is 9.52 Å². The van der Waals surface area contributed by atoms with Crippen LogP contribution in [0.5, 0.6) is 0 Å². The summed E-state index contributed by atoms with van der Waals surface area (Å²) in [6, 6.07) is 1.31. The number of furan rings is 1. The largest absolute Gasteiger partial charge is 0.448 e. The van der Waals surface area contributed by atoms with Crippen molar-refractivity contribution < 1.29 is 17.9 Å². The molecule has 1 aliphatic carbocycles. The Morgan fingerprint density at radius 3 is 2.86 bits per heavy atom. The fourth-order valence-corrected chi connectivity index (χ4v) is 2.15. The number of hydrogen-bond acceptors (Lipinski definition) is 4. The van der Waals surface area contributed by atoms with E-state index in [9.17, 15) is 13.5 Å². The number of nitrogens with two attached hydrogens (primary N) is 1. The number of fused-ring (bicyclic) bond motifs is 1. The smallest absolute Gasteiger partial charge is 0.271 e. The number of hydrogen-bond donors (Lipinski definition) is 2. The summed E-state index contributed by atoms with van der Waals surface area (Å²) in [5.41, 5.74) is 0.556. The molecule has 0 spiro atoms. The maximum atomic E-state index is 11.0. The quantitative estimate of drug-likeness (QED) is 0.707. The van der Waals surface area contributed by atoms with E-state index in [1.807, 2.05) is 0 Å². The van der Waals surface area contributed by atoms with Crippen molar-refractivity contribution in [3.8, 4) is 0 Å². The summed E-state index contributed by atoms with van der Waals surface area (Å²) >= 11 is 0. The first-order chi connectivity index (χ1) is 6.48. The predicted octanol–water partition coefficient (Wildman–Crippen LogP) is 0.297. The number of aryl methyl sites for hydroxylation is 1. The van der Waals surface area contributed by atoms with E-state index >= 15 is 0 Å². The highest BCUT2D eigenvalue weighted by Crippen LogP contribution is 2.32. The third-order valence-electron chi connectivity index (χ3n) is 2.34. The predicted molar refractivity (Wildman–Crippen MR) is 48.0 cm³/mol. The standard InChI is InChI=1S/C8H11NO4S/c9-14(11,12)8-4-5-6(10)2-1-3-7(5)13-8/h4,6,10H,1-3H2,(H2,9,11,12). The molecule has 6 heteroatoms. The van der Waals surface area contributed by atoms with Gasteiger partial charge in [0.25, 0.3) is 10.0 Å². The molecular formula is C8H11NO4S. The van der Waals surface area contributed by atoms with Crippen LogP contribution in [0.15, 0.2) is 15.6 Å². The molecule has 5 nitrogen and oxygen atoms in total. The zero-order valence-electron chi connectivity index (χ0n) is 7.43. The van der Waals surface area contributed by atoms with Crippen molar-refractivity contribution in [1.82, 2.24) is 0 Å². The van der Waals surface area contributed by atoms with Gasteiger partial charge in [-0.25, -0.2) is 13.6 Å². The second-order valence-electron chi connectivity index (χ2n) is 3.40. The first kappa shape index (κ1) is 9.70. The lowest BCUT2D eigenvalue weighted by Crippen LogP contribution is -2.10. The average molecular weight is 217 g/mol. The molecule has 0 saturated carbocycles. The molecule has 0 saturated heterocycles. The molecule has 1 heterocycles. The van der Waals surface area contributed by atoms with Crippen molar-refractivity contribution in [3.63, 3.8) is 0 Å². The zero-order valence-corrected chi connectivity index (χ0v) is 8.25. The summed E-state index contributed by atoms with van der Waals surface area (Å²) in [4.78, 5) is 0. The Balaban J connectivity index is 2.50. The Kier molecular flexibility index (Phi) is 2.13. The maximum Gasteiger partial charge on any atom is 0.271 e. The second kappa shape index (κ2) is 3.08. The van der Waals surface area contributed by atoms with Gasteiger partial charge in [0, 0.05) is 18.1 Å². The highest BCUT2D eigenvalue weighted by Gasteiger charge is 2.25. The van der Waals surface area contributed by atoms with Crippen LogP contribution >= 0.6 is 0 Å². The van der Waals surface area contributed by atoms with Crippen LogP contribution in [0.3, 0.4) is 0 Å². The third kappa shape index (κ3) is 1.56. The van der Waals surface area contributed by atoms with Crippen molar-refractivity contribution >= 4 is 10.0 Å². The van der Waals surface area contributed by atoms with Gasteiger partial charge in [-0.05, 0) is 12.8 Å². The van der Waals surface area contributed by atoms with Crippen LogP contribution < -0.4 is 5.14 Å². The third-order valence-corrected chi connectivity index (χ3v) is 3.10. The van der Waals surface area contributed by atoms with Crippen LogP contribution in [0.2, 0.25) is 0 Å². The minimum atomic E-state index is -3.80. The molecule has 0 aliphatic heterocycles. The van der Waals surface area contributed by atoms with Crippen molar-refractivity contribution in [2.45, 2.75) is 30.5 Å². The first-order valence-electron chi connectivity index (χ1n) is 4.32. The lowest BCUT2D eigenvalue weighted by molar-refractivity contribution is 0.152. The minimum absolute atomic E-state index is 0.261. The van der Waals surface area contributed by atoms with Crippen LogP contribution in [-0.2, 0) is 16.4 Å². The van der Waals surface area contributed by atoms with Crippen molar-refractivity contribution in [3.05, 3.63) is 17.4 Å². The molecule has 78 valence electrons. The topological polar surface area (TPSA) is 93.5 Å². The van der Waals surface area contributed by atoms with Gasteiger partial charge in [0.15, 0.2) is 0 Å². The molecule has 0 aromatic carbocycles. The molecule has 0 bridgehead atoms. The van der Waals surface area contributed by atoms with Crippen LogP contribution in [0.4, 0.5) is 0 Å². The van der Waals surface area contributed by atoms with E-state index in [1.54, 1.807) is 0 Å². The molecule has 3 N–H and O–H groups in total. The molecule has 1 atom stereocenters. The SMILES string of the molecule is NS(=O)(=O)c1cc2c(o1)CCCC2O. The monoisotopic (exact) mass is 217 g/mol. The fraction of sp³-hybridized carbons (Fsp3) is 0.500. The van der Waals surface area contributed by atoms with E-state index in [4.69, 9.17) is 9.56 Å². The molecule has 0 fully saturated rings. The van der Waals surface area contributed by atoms with Crippen LogP contribution in [0.1, 0.15) is 30.3 Å². The molecule has 2 rings (SSSR count). The summed E-state index contributed by atoms with van der Waals surface area (Å²) in [5, 5.41) is 14.2. The normalized spacial score (nSPS) is 22.0. The van der Waals surface area contributed by atoms with Gasteiger partial charge in [0.2, 0.25) is 5.09 Å². The van der Waals surface area contributed by atoms with E-state index in [1.165, 1.54) is 6.07 Å². The van der Waals surface area contributed by atoms with Crippen molar-refractivity contribution in [2.24, 2.45) is 5.14 Å². The Hall–Kier alpha value is -0.850. The van der Waals surface area contributed by atoms with Gasteiger partial charge in [0.1, 0.15) is 5.76 Å². The number of aliphatic hydroxyl groups is 1. The van der Waals surface area contributed by atoms with Gasteiger partial charge in [-0.1, -0.05) is 0 Å². The van der Waals surface area contributed by atoms with E-state index in [-0.39, 0.29) is 5.09 Å². The van der Waals surface area contributed by atoms with Crippen LogP contribution in [-0.4, -0.2) is 13.5 Å². The number of aliphatic hydroxyl groups excluding tert-OH is 1. The molecule has 1 unspecified atom stereocenters. The molecule has 1 aromatic heterocycles. The first-order valence-corrected chi connectivity index (χ1v) is 5.86. The highest BCUT2D eigenvalue weighted by atomic mass is 32.2.